The second kappa shape index (κ2) is 9.50. The molecule has 3 N–H and O–H groups in total. The first-order valence-electron chi connectivity index (χ1n) is 10.6. The molecule has 1 aromatic carbocycles. The number of aromatic nitrogens is 5. The minimum Gasteiger partial charge on any atom is -0.455 e. The molecule has 35 heavy (non-hydrogen) atoms. The minimum atomic E-state index is -0.710. The summed E-state index contributed by atoms with van der Waals surface area (Å²) in [5.41, 5.74) is 0.634. The van der Waals surface area contributed by atoms with E-state index in [9.17, 15) is 14.0 Å². The van der Waals surface area contributed by atoms with Crippen LogP contribution in [0.1, 0.15) is 26.5 Å². The molecule has 0 radical (unpaired) electrons. The summed E-state index contributed by atoms with van der Waals surface area (Å²) >= 11 is 0. The first kappa shape index (κ1) is 23.8. The summed E-state index contributed by atoms with van der Waals surface area (Å²) in [5, 5.41) is 9.61. The fraction of sp³-hybridized carbons (Fsp3) is 0.261. The molecular weight excluding hydrogens is 457 g/mol. The van der Waals surface area contributed by atoms with Crippen molar-refractivity contribution in [3.8, 4) is 11.5 Å². The highest BCUT2D eigenvalue weighted by molar-refractivity contribution is 5.99. The lowest BCUT2D eigenvalue weighted by Crippen LogP contribution is -2.22. The largest absolute Gasteiger partial charge is 0.455 e. The van der Waals surface area contributed by atoms with Gasteiger partial charge >= 0.3 is 6.03 Å². The van der Waals surface area contributed by atoms with Gasteiger partial charge in [-0.25, -0.2) is 23.8 Å². The van der Waals surface area contributed by atoms with Crippen LogP contribution >= 0.6 is 0 Å². The Kier molecular flexibility index (Phi) is 6.47. The molecule has 0 aliphatic heterocycles. The van der Waals surface area contributed by atoms with Gasteiger partial charge in [0.25, 0.3) is 5.56 Å². The summed E-state index contributed by atoms with van der Waals surface area (Å²) in [4.78, 5) is 34.6. The Morgan fingerprint density at radius 1 is 1.17 bits per heavy atom. The number of anilines is 2. The summed E-state index contributed by atoms with van der Waals surface area (Å²) < 4.78 is 27.1. The summed E-state index contributed by atoms with van der Waals surface area (Å²) in [5.74, 6) is 0.148. The van der Waals surface area contributed by atoms with Gasteiger partial charge in [-0.3, -0.25) is 10.1 Å². The highest BCUT2D eigenvalue weighted by atomic mass is 19.1. The van der Waals surface area contributed by atoms with Crippen molar-refractivity contribution in [2.24, 2.45) is 0 Å². The van der Waals surface area contributed by atoms with E-state index in [-0.39, 0.29) is 35.0 Å². The molecule has 182 valence electrons. The first-order chi connectivity index (χ1) is 16.6. The predicted octanol–water partition coefficient (Wildman–Crippen LogP) is 3.99. The van der Waals surface area contributed by atoms with E-state index < -0.39 is 17.4 Å². The molecule has 4 aromatic rings. The number of rotatable bonds is 6. The smallest absolute Gasteiger partial charge is 0.324 e. The van der Waals surface area contributed by atoms with Gasteiger partial charge in [-0.1, -0.05) is 20.8 Å². The molecule has 12 heteroatoms. The predicted molar refractivity (Wildman–Crippen MR) is 127 cm³/mol. The van der Waals surface area contributed by atoms with E-state index in [0.717, 1.165) is 18.0 Å². The van der Waals surface area contributed by atoms with Crippen molar-refractivity contribution in [1.29, 1.82) is 0 Å². The SMILES string of the molecule is COCn1nc(C(C)(C)C)cc1NC(=O)Nc1ccc(Oc2ccnc3[nH]c(=O)cnc23)cc1F. The van der Waals surface area contributed by atoms with Crippen LogP contribution < -0.4 is 20.9 Å². The average molecular weight is 481 g/mol. The molecule has 3 aromatic heterocycles. The minimum absolute atomic E-state index is 0.0502. The molecule has 0 bridgehead atoms. The third kappa shape index (κ3) is 5.44. The number of hydrogen-bond donors (Lipinski definition) is 3. The number of amides is 2. The molecule has 2 amide bonds. The van der Waals surface area contributed by atoms with Crippen molar-refractivity contribution in [2.75, 3.05) is 17.7 Å². The number of fused-ring (bicyclic) bond motifs is 1. The number of hydrogen-bond acceptors (Lipinski definition) is 7. The van der Waals surface area contributed by atoms with E-state index in [1.54, 1.807) is 12.1 Å². The molecule has 0 atom stereocenters. The Bertz CT molecular complexity index is 1440. The number of carbonyl (C=O) groups excluding carboxylic acids is 1. The number of H-pyrrole nitrogens is 1. The van der Waals surface area contributed by atoms with Crippen molar-refractivity contribution >= 4 is 28.7 Å². The maximum Gasteiger partial charge on any atom is 0.324 e. The highest BCUT2D eigenvalue weighted by Gasteiger charge is 2.21. The second-order valence-corrected chi connectivity index (χ2v) is 8.66. The zero-order chi connectivity index (χ0) is 25.2. The quantitative estimate of drug-likeness (QED) is 0.379. The summed E-state index contributed by atoms with van der Waals surface area (Å²) in [6.07, 6.45) is 2.54. The van der Waals surface area contributed by atoms with Gasteiger partial charge in [0.05, 0.1) is 17.6 Å². The number of ether oxygens (including phenoxy) is 2. The summed E-state index contributed by atoms with van der Waals surface area (Å²) in [6.45, 7) is 6.14. The van der Waals surface area contributed by atoms with Crippen molar-refractivity contribution in [2.45, 2.75) is 32.9 Å². The van der Waals surface area contributed by atoms with Crippen LogP contribution in [0.4, 0.5) is 20.7 Å². The first-order valence-corrected chi connectivity index (χ1v) is 10.6. The summed E-state index contributed by atoms with van der Waals surface area (Å²) in [6, 6.07) is 6.62. The fourth-order valence-electron chi connectivity index (χ4n) is 3.17. The van der Waals surface area contributed by atoms with Crippen LogP contribution in [-0.4, -0.2) is 37.9 Å². The number of nitrogens with zero attached hydrogens (tertiary/aromatic N) is 4. The molecule has 0 fully saturated rings. The summed E-state index contributed by atoms with van der Waals surface area (Å²) in [7, 11) is 1.52. The van der Waals surface area contributed by atoms with E-state index in [1.165, 1.54) is 30.1 Å². The molecule has 3 heterocycles. The normalized spacial score (nSPS) is 11.5. The van der Waals surface area contributed by atoms with Crippen LogP contribution in [0.2, 0.25) is 0 Å². The lowest BCUT2D eigenvalue weighted by Gasteiger charge is -2.13. The third-order valence-electron chi connectivity index (χ3n) is 4.90. The van der Waals surface area contributed by atoms with E-state index in [4.69, 9.17) is 9.47 Å². The fourth-order valence-corrected chi connectivity index (χ4v) is 3.17. The molecule has 0 saturated heterocycles. The Hall–Kier alpha value is -4.32. The number of aromatic amines is 1. The molecule has 0 saturated carbocycles. The highest BCUT2D eigenvalue weighted by Crippen LogP contribution is 2.29. The number of urea groups is 1. The molecule has 4 rings (SSSR count). The maximum atomic E-state index is 14.7. The van der Waals surface area contributed by atoms with Crippen molar-refractivity contribution in [3.05, 3.63) is 64.6 Å². The number of nitrogens with one attached hydrogen (secondary N) is 3. The van der Waals surface area contributed by atoms with E-state index >= 15 is 0 Å². The van der Waals surface area contributed by atoms with E-state index in [2.05, 4.69) is 30.7 Å². The van der Waals surface area contributed by atoms with Crippen LogP contribution in [0.3, 0.4) is 0 Å². The number of benzene rings is 1. The van der Waals surface area contributed by atoms with E-state index in [1.807, 2.05) is 20.8 Å². The van der Waals surface area contributed by atoms with Crippen molar-refractivity contribution < 1.29 is 18.7 Å². The van der Waals surface area contributed by atoms with Crippen LogP contribution in [-0.2, 0) is 16.9 Å². The number of methoxy groups -OCH3 is 1. The van der Waals surface area contributed by atoms with Gasteiger partial charge in [0.15, 0.2) is 11.4 Å². The Morgan fingerprint density at radius 2 is 1.97 bits per heavy atom. The molecular formula is C23H24FN7O4. The van der Waals surface area contributed by atoms with Gasteiger partial charge in [-0.15, -0.1) is 0 Å². The van der Waals surface area contributed by atoms with Crippen LogP contribution in [0.15, 0.2) is 47.5 Å². The van der Waals surface area contributed by atoms with Crippen molar-refractivity contribution in [1.82, 2.24) is 24.7 Å². The third-order valence-corrected chi connectivity index (χ3v) is 4.90. The molecule has 0 unspecified atom stereocenters. The number of pyridine rings is 1. The number of halogens is 1. The zero-order valence-electron chi connectivity index (χ0n) is 19.5. The Morgan fingerprint density at radius 3 is 2.69 bits per heavy atom. The lowest BCUT2D eigenvalue weighted by atomic mass is 9.92. The topological polar surface area (TPSA) is 136 Å². The van der Waals surface area contributed by atoms with Gasteiger partial charge in [-0.2, -0.15) is 5.10 Å². The van der Waals surface area contributed by atoms with Gasteiger partial charge in [0.2, 0.25) is 0 Å². The van der Waals surface area contributed by atoms with Gasteiger partial charge in [-0.05, 0) is 12.1 Å². The van der Waals surface area contributed by atoms with Gasteiger partial charge < -0.3 is 19.8 Å². The van der Waals surface area contributed by atoms with Gasteiger partial charge in [0, 0.05) is 36.9 Å². The molecule has 0 aliphatic carbocycles. The standard InChI is InChI=1S/C23H24FN7O4/c1-23(2,3)17-10-18(31(30-17)12-34-4)28-22(33)27-15-6-5-13(9-14(15)24)35-16-7-8-25-21-20(16)26-11-19(32)29-21/h5-11H,12H2,1-4H3,(H,25,29,32)(H2,27,28,33). The molecule has 11 nitrogen and oxygen atoms in total. The zero-order valence-corrected chi connectivity index (χ0v) is 19.5. The Labute approximate surface area is 199 Å². The van der Waals surface area contributed by atoms with Crippen molar-refractivity contribution in [3.63, 3.8) is 0 Å². The molecule has 0 spiro atoms. The van der Waals surface area contributed by atoms with Gasteiger partial charge in [0.1, 0.15) is 29.6 Å². The van der Waals surface area contributed by atoms with Crippen LogP contribution in [0.5, 0.6) is 11.5 Å². The van der Waals surface area contributed by atoms with Crippen LogP contribution in [0, 0.1) is 5.82 Å². The second-order valence-electron chi connectivity index (χ2n) is 8.66. The monoisotopic (exact) mass is 481 g/mol. The number of carbonyl (C=O) groups is 1. The Balaban J connectivity index is 1.49. The van der Waals surface area contributed by atoms with E-state index in [0.29, 0.717) is 11.3 Å². The maximum absolute atomic E-state index is 14.7. The lowest BCUT2D eigenvalue weighted by molar-refractivity contribution is 0.121. The molecule has 0 aliphatic rings. The van der Waals surface area contributed by atoms with Crippen LogP contribution in [0.25, 0.3) is 11.2 Å². The average Bonchev–Trinajstić information content (AvgIpc) is 3.18.